The second-order valence-electron chi connectivity index (χ2n) is 4.50. The first-order valence-electron chi connectivity index (χ1n) is 5.59. The number of aliphatic carboxylic acids is 1. The van der Waals surface area contributed by atoms with E-state index in [9.17, 15) is 22.8 Å². The third kappa shape index (κ3) is 3.28. The monoisotopic (exact) mass is 290 g/mol. The minimum atomic E-state index is -4.53. The van der Waals surface area contributed by atoms with E-state index >= 15 is 0 Å². The van der Waals surface area contributed by atoms with Crippen LogP contribution >= 0.6 is 0 Å². The molecule has 7 heteroatoms. The van der Waals surface area contributed by atoms with Crippen LogP contribution in [0.15, 0.2) is 24.3 Å². The highest BCUT2D eigenvalue weighted by Gasteiger charge is 2.43. The van der Waals surface area contributed by atoms with E-state index in [1.54, 1.807) is 0 Å². The van der Waals surface area contributed by atoms with Crippen molar-refractivity contribution in [2.24, 2.45) is 5.41 Å². The molecular formula is C13H13F3O4. The lowest BCUT2D eigenvalue weighted by Gasteiger charge is -2.22. The minimum Gasteiger partial charge on any atom is -0.480 e. The summed E-state index contributed by atoms with van der Waals surface area (Å²) < 4.78 is 42.1. The van der Waals surface area contributed by atoms with Crippen LogP contribution in [0.1, 0.15) is 18.1 Å². The van der Waals surface area contributed by atoms with Gasteiger partial charge < -0.3 is 9.84 Å². The number of carbonyl (C=O) groups is 2. The molecule has 0 saturated carbocycles. The molecule has 0 aliphatic heterocycles. The highest BCUT2D eigenvalue weighted by Crippen LogP contribution is 2.31. The number of methoxy groups -OCH3 is 1. The Hall–Kier alpha value is -2.05. The van der Waals surface area contributed by atoms with Gasteiger partial charge in [0.2, 0.25) is 0 Å². The molecule has 0 radical (unpaired) electrons. The van der Waals surface area contributed by atoms with E-state index in [0.29, 0.717) is 0 Å². The van der Waals surface area contributed by atoms with Crippen LogP contribution in [0, 0.1) is 5.41 Å². The average Bonchev–Trinajstić information content (AvgIpc) is 2.36. The molecule has 0 amide bonds. The number of hydrogen-bond donors (Lipinski definition) is 1. The van der Waals surface area contributed by atoms with E-state index in [4.69, 9.17) is 5.11 Å². The van der Waals surface area contributed by atoms with Gasteiger partial charge in [-0.1, -0.05) is 18.2 Å². The SMILES string of the molecule is COC(=O)C(C)(Cc1cccc(C(F)(F)F)c1)C(=O)O. The van der Waals surface area contributed by atoms with Crippen LogP contribution < -0.4 is 0 Å². The van der Waals surface area contributed by atoms with E-state index in [1.165, 1.54) is 6.07 Å². The number of rotatable bonds is 4. The van der Waals surface area contributed by atoms with Crippen LogP contribution in [0.3, 0.4) is 0 Å². The van der Waals surface area contributed by atoms with E-state index in [0.717, 1.165) is 32.2 Å². The van der Waals surface area contributed by atoms with Crippen molar-refractivity contribution >= 4 is 11.9 Å². The molecule has 1 atom stereocenters. The molecule has 0 heterocycles. The molecule has 0 aromatic heterocycles. The Balaban J connectivity index is 3.13. The summed E-state index contributed by atoms with van der Waals surface area (Å²) in [5.74, 6) is -2.47. The number of hydrogen-bond acceptors (Lipinski definition) is 3. The Morgan fingerprint density at radius 2 is 1.90 bits per heavy atom. The molecule has 0 aliphatic carbocycles. The van der Waals surface area contributed by atoms with Crippen LogP contribution in [0.5, 0.6) is 0 Å². The molecule has 0 aliphatic rings. The molecule has 4 nitrogen and oxygen atoms in total. The van der Waals surface area contributed by atoms with Crippen molar-refractivity contribution in [3.8, 4) is 0 Å². The Labute approximate surface area is 113 Å². The molecule has 1 unspecified atom stereocenters. The zero-order chi connectivity index (χ0) is 15.6. The van der Waals surface area contributed by atoms with Crippen LogP contribution in [0.2, 0.25) is 0 Å². The maximum atomic E-state index is 12.6. The van der Waals surface area contributed by atoms with Crippen molar-refractivity contribution < 1.29 is 32.6 Å². The van der Waals surface area contributed by atoms with Crippen molar-refractivity contribution in [1.82, 2.24) is 0 Å². The topological polar surface area (TPSA) is 63.6 Å². The first-order valence-corrected chi connectivity index (χ1v) is 5.59. The van der Waals surface area contributed by atoms with Crippen LogP contribution in [-0.4, -0.2) is 24.2 Å². The van der Waals surface area contributed by atoms with Gasteiger partial charge in [0, 0.05) is 0 Å². The molecule has 1 rings (SSSR count). The van der Waals surface area contributed by atoms with Gasteiger partial charge in [0.05, 0.1) is 12.7 Å². The summed E-state index contributed by atoms with van der Waals surface area (Å²) in [6.07, 6.45) is -4.92. The highest BCUT2D eigenvalue weighted by atomic mass is 19.4. The summed E-state index contributed by atoms with van der Waals surface area (Å²) in [5, 5.41) is 9.10. The minimum absolute atomic E-state index is 0.0927. The first kappa shape index (κ1) is 16.0. The number of ether oxygens (including phenoxy) is 1. The van der Waals surface area contributed by atoms with Crippen molar-refractivity contribution in [2.75, 3.05) is 7.11 Å². The summed E-state index contributed by atoms with van der Waals surface area (Å²) in [5.41, 5.74) is -2.73. The second kappa shape index (κ2) is 5.52. The Kier molecular flexibility index (Phi) is 4.42. The predicted molar refractivity (Wildman–Crippen MR) is 62.9 cm³/mol. The number of esters is 1. The lowest BCUT2D eigenvalue weighted by atomic mass is 9.83. The number of carboxylic acid groups (broad SMARTS) is 1. The van der Waals surface area contributed by atoms with Gasteiger partial charge in [-0.15, -0.1) is 0 Å². The van der Waals surface area contributed by atoms with Gasteiger partial charge >= 0.3 is 18.1 Å². The smallest absolute Gasteiger partial charge is 0.416 e. The van der Waals surface area contributed by atoms with Gasteiger partial charge in [-0.3, -0.25) is 9.59 Å². The number of carbonyl (C=O) groups excluding carboxylic acids is 1. The fourth-order valence-corrected chi connectivity index (χ4v) is 1.73. The van der Waals surface area contributed by atoms with Crippen molar-refractivity contribution in [1.29, 1.82) is 0 Å². The quantitative estimate of drug-likeness (QED) is 0.683. The van der Waals surface area contributed by atoms with Crippen molar-refractivity contribution in [3.63, 3.8) is 0 Å². The third-order valence-electron chi connectivity index (χ3n) is 2.92. The van der Waals surface area contributed by atoms with Crippen molar-refractivity contribution in [2.45, 2.75) is 19.5 Å². The number of benzene rings is 1. The zero-order valence-corrected chi connectivity index (χ0v) is 10.8. The second-order valence-corrected chi connectivity index (χ2v) is 4.50. The number of halogens is 3. The molecule has 1 aromatic rings. The van der Waals surface area contributed by atoms with Gasteiger partial charge in [0.15, 0.2) is 5.41 Å². The Morgan fingerprint density at radius 3 is 2.35 bits per heavy atom. The highest BCUT2D eigenvalue weighted by molar-refractivity contribution is 5.98. The van der Waals surface area contributed by atoms with Gasteiger partial charge in [-0.2, -0.15) is 13.2 Å². The molecule has 1 aromatic carbocycles. The lowest BCUT2D eigenvalue weighted by Crippen LogP contribution is -2.39. The number of alkyl halides is 3. The number of carboxylic acids is 1. The van der Waals surface area contributed by atoms with Gasteiger partial charge in [0.25, 0.3) is 0 Å². The van der Waals surface area contributed by atoms with Crippen LogP contribution in [-0.2, 0) is 26.9 Å². The Bertz CT molecular complexity index is 525. The molecule has 0 fully saturated rings. The zero-order valence-electron chi connectivity index (χ0n) is 10.8. The van der Waals surface area contributed by atoms with Crippen LogP contribution in [0.4, 0.5) is 13.2 Å². The maximum absolute atomic E-state index is 12.6. The summed E-state index contributed by atoms with van der Waals surface area (Å²) in [7, 11) is 1.02. The molecule has 20 heavy (non-hydrogen) atoms. The fraction of sp³-hybridized carbons (Fsp3) is 0.385. The maximum Gasteiger partial charge on any atom is 0.416 e. The fourth-order valence-electron chi connectivity index (χ4n) is 1.73. The standard InChI is InChI=1S/C13H13F3O4/c1-12(10(17)18,11(19)20-2)7-8-4-3-5-9(6-8)13(14,15)16/h3-6H,7H2,1-2H3,(H,17,18). The largest absolute Gasteiger partial charge is 0.480 e. The summed E-state index contributed by atoms with van der Waals surface area (Å²) in [6.45, 7) is 1.11. The summed E-state index contributed by atoms with van der Waals surface area (Å²) in [4.78, 5) is 22.7. The molecule has 110 valence electrons. The van der Waals surface area contributed by atoms with Gasteiger partial charge in [-0.05, 0) is 25.0 Å². The average molecular weight is 290 g/mol. The van der Waals surface area contributed by atoms with Gasteiger partial charge in [0.1, 0.15) is 0 Å². The normalized spacial score (nSPS) is 14.4. The van der Waals surface area contributed by atoms with Gasteiger partial charge in [-0.25, -0.2) is 0 Å². The molecular weight excluding hydrogens is 277 g/mol. The lowest BCUT2D eigenvalue weighted by molar-refractivity contribution is -0.165. The van der Waals surface area contributed by atoms with Crippen molar-refractivity contribution in [3.05, 3.63) is 35.4 Å². The van der Waals surface area contributed by atoms with E-state index < -0.39 is 29.1 Å². The Morgan fingerprint density at radius 1 is 1.30 bits per heavy atom. The molecule has 1 N–H and O–H groups in total. The molecule has 0 saturated heterocycles. The summed E-state index contributed by atoms with van der Waals surface area (Å²) >= 11 is 0. The van der Waals surface area contributed by atoms with E-state index in [-0.39, 0.29) is 12.0 Å². The predicted octanol–water partition coefficient (Wildman–Crippen LogP) is 2.51. The van der Waals surface area contributed by atoms with E-state index in [1.807, 2.05) is 0 Å². The third-order valence-corrected chi connectivity index (χ3v) is 2.92. The first-order chi connectivity index (χ1) is 9.11. The van der Waals surface area contributed by atoms with Crippen LogP contribution in [0.25, 0.3) is 0 Å². The van der Waals surface area contributed by atoms with E-state index in [2.05, 4.69) is 4.74 Å². The molecule has 0 bridgehead atoms. The molecule has 0 spiro atoms. The summed E-state index contributed by atoms with van der Waals surface area (Å²) in [6, 6.07) is 4.20.